The molecule has 2 amide bonds. The maximum Gasteiger partial charge on any atom is 0.292 e. The van der Waals surface area contributed by atoms with E-state index in [1.807, 2.05) is 17.0 Å². The number of benzene rings is 1. The van der Waals surface area contributed by atoms with Crippen molar-refractivity contribution >= 4 is 23.0 Å². The van der Waals surface area contributed by atoms with Crippen LogP contribution < -0.4 is 5.32 Å². The highest BCUT2D eigenvalue weighted by atomic mass is 16.2. The number of carbonyl (C=O) groups is 2. The Morgan fingerprint density at radius 1 is 1.00 bits per heavy atom. The van der Waals surface area contributed by atoms with Gasteiger partial charge in [-0.15, -0.1) is 0 Å². The van der Waals surface area contributed by atoms with E-state index in [1.54, 1.807) is 47.0 Å². The Balaban J connectivity index is 1.65. The lowest BCUT2D eigenvalue weighted by atomic mass is 10.2. The molecule has 146 valence electrons. The van der Waals surface area contributed by atoms with Crippen LogP contribution in [0.2, 0.25) is 0 Å². The average molecular weight is 387 g/mol. The summed E-state index contributed by atoms with van der Waals surface area (Å²) in [5.41, 5.74) is 1.99. The molecule has 0 radical (unpaired) electrons. The molecule has 4 rings (SSSR count). The van der Waals surface area contributed by atoms with Gasteiger partial charge in [0.2, 0.25) is 5.82 Å². The lowest BCUT2D eigenvalue weighted by Gasteiger charge is -2.19. The molecule has 0 saturated carbocycles. The van der Waals surface area contributed by atoms with Crippen molar-refractivity contribution in [3.8, 4) is 6.07 Å². The van der Waals surface area contributed by atoms with Gasteiger partial charge >= 0.3 is 0 Å². The highest BCUT2D eigenvalue weighted by Crippen LogP contribution is 2.19. The second-order valence-corrected chi connectivity index (χ2v) is 7.09. The Bertz CT molecular complexity index is 1090. The number of imidazole rings is 1. The fourth-order valence-corrected chi connectivity index (χ4v) is 3.59. The van der Waals surface area contributed by atoms with Crippen molar-refractivity contribution in [1.29, 1.82) is 5.26 Å². The monoisotopic (exact) mass is 387 g/mol. The van der Waals surface area contributed by atoms with Crippen molar-refractivity contribution in [2.75, 3.05) is 18.4 Å². The molecule has 0 aliphatic carbocycles. The first kappa shape index (κ1) is 18.7. The smallest absolute Gasteiger partial charge is 0.292 e. The van der Waals surface area contributed by atoms with E-state index in [2.05, 4.69) is 10.3 Å². The number of nitrogens with zero attached hydrogens (tertiary/aromatic N) is 4. The van der Waals surface area contributed by atoms with Gasteiger partial charge in [-0.1, -0.05) is 18.9 Å². The van der Waals surface area contributed by atoms with Gasteiger partial charge in [-0.3, -0.25) is 14.0 Å². The zero-order chi connectivity index (χ0) is 20.2. The summed E-state index contributed by atoms with van der Waals surface area (Å²) >= 11 is 0. The first-order valence-electron chi connectivity index (χ1n) is 9.75. The van der Waals surface area contributed by atoms with Crippen LogP contribution >= 0.6 is 0 Å². The van der Waals surface area contributed by atoms with Gasteiger partial charge in [0.1, 0.15) is 0 Å². The van der Waals surface area contributed by atoms with Gasteiger partial charge in [0.25, 0.3) is 11.8 Å². The molecular formula is C22H21N5O2. The minimum absolute atomic E-state index is 0.131. The van der Waals surface area contributed by atoms with E-state index < -0.39 is 5.91 Å². The molecule has 3 heterocycles. The van der Waals surface area contributed by atoms with E-state index in [1.165, 1.54) is 0 Å². The second kappa shape index (κ2) is 8.15. The van der Waals surface area contributed by atoms with Gasteiger partial charge in [0.15, 0.2) is 5.69 Å². The van der Waals surface area contributed by atoms with Crippen LogP contribution in [-0.2, 0) is 0 Å². The molecule has 1 aliphatic heterocycles. The van der Waals surface area contributed by atoms with Crippen LogP contribution in [0.15, 0.2) is 48.7 Å². The van der Waals surface area contributed by atoms with Crippen molar-refractivity contribution in [1.82, 2.24) is 14.3 Å². The van der Waals surface area contributed by atoms with Crippen molar-refractivity contribution in [3.63, 3.8) is 0 Å². The molecule has 2 aromatic heterocycles. The number of anilines is 1. The number of hydrogen-bond acceptors (Lipinski definition) is 4. The van der Waals surface area contributed by atoms with Gasteiger partial charge < -0.3 is 10.2 Å². The maximum absolute atomic E-state index is 13.1. The van der Waals surface area contributed by atoms with Gasteiger partial charge in [0.05, 0.1) is 17.1 Å². The van der Waals surface area contributed by atoms with E-state index in [-0.39, 0.29) is 11.7 Å². The number of nitriles is 1. The molecular weight excluding hydrogens is 366 g/mol. The minimum atomic E-state index is -0.411. The SMILES string of the molecule is N#Cc1ccc(NC(=O)c2nc(C(=O)N3CCCCCC3)c3ccccn23)cc1. The second-order valence-electron chi connectivity index (χ2n) is 7.09. The Hall–Kier alpha value is -3.66. The normalized spacial score (nSPS) is 14.2. The van der Waals surface area contributed by atoms with Crippen LogP contribution in [0.1, 0.15) is 52.4 Å². The standard InChI is InChI=1S/C22H21N5O2/c23-15-16-8-10-17(11-9-16)24-21(28)20-25-19(18-7-3-6-14-27(18)20)22(29)26-12-4-1-2-5-13-26/h3,6-11,14H,1-2,4-5,12-13H2,(H,24,28). The summed E-state index contributed by atoms with van der Waals surface area (Å²) in [6.07, 6.45) is 5.97. The van der Waals surface area contributed by atoms with Crippen LogP contribution in [0.3, 0.4) is 0 Å². The summed E-state index contributed by atoms with van der Waals surface area (Å²) in [7, 11) is 0. The molecule has 0 atom stereocenters. The summed E-state index contributed by atoms with van der Waals surface area (Å²) in [6.45, 7) is 1.44. The van der Waals surface area contributed by atoms with Crippen molar-refractivity contribution < 1.29 is 9.59 Å². The number of amides is 2. The Kier molecular flexibility index (Phi) is 5.25. The largest absolute Gasteiger partial charge is 0.337 e. The molecule has 1 fully saturated rings. The first-order chi connectivity index (χ1) is 14.2. The molecule has 29 heavy (non-hydrogen) atoms. The Morgan fingerprint density at radius 2 is 1.72 bits per heavy atom. The predicted octanol–water partition coefficient (Wildman–Crippen LogP) is 3.47. The average Bonchev–Trinajstić information content (AvgIpc) is 2.93. The Morgan fingerprint density at radius 3 is 2.41 bits per heavy atom. The van der Waals surface area contributed by atoms with E-state index >= 15 is 0 Å². The summed E-state index contributed by atoms with van der Waals surface area (Å²) < 4.78 is 1.64. The number of rotatable bonds is 3. The van der Waals surface area contributed by atoms with Crippen LogP contribution in [-0.4, -0.2) is 39.2 Å². The van der Waals surface area contributed by atoms with Crippen LogP contribution in [0.25, 0.3) is 5.52 Å². The van der Waals surface area contributed by atoms with Gasteiger partial charge in [-0.25, -0.2) is 4.98 Å². The molecule has 0 bridgehead atoms. The molecule has 1 saturated heterocycles. The predicted molar refractivity (Wildman–Crippen MR) is 109 cm³/mol. The molecule has 1 aliphatic rings. The molecule has 7 heteroatoms. The lowest BCUT2D eigenvalue weighted by molar-refractivity contribution is 0.0758. The number of nitrogens with one attached hydrogen (secondary N) is 1. The summed E-state index contributed by atoms with van der Waals surface area (Å²) in [5.74, 6) is -0.387. The van der Waals surface area contributed by atoms with Crippen LogP contribution in [0, 0.1) is 11.3 Å². The van der Waals surface area contributed by atoms with Crippen molar-refractivity contribution in [3.05, 3.63) is 65.7 Å². The third kappa shape index (κ3) is 3.83. The zero-order valence-electron chi connectivity index (χ0n) is 16.0. The third-order valence-corrected chi connectivity index (χ3v) is 5.12. The van der Waals surface area contributed by atoms with Crippen molar-refractivity contribution in [2.24, 2.45) is 0 Å². The number of hydrogen-bond donors (Lipinski definition) is 1. The third-order valence-electron chi connectivity index (χ3n) is 5.12. The van der Waals surface area contributed by atoms with E-state index in [4.69, 9.17) is 5.26 Å². The highest BCUT2D eigenvalue weighted by molar-refractivity contribution is 6.06. The molecule has 3 aromatic rings. The van der Waals surface area contributed by atoms with Crippen LogP contribution in [0.4, 0.5) is 5.69 Å². The molecule has 7 nitrogen and oxygen atoms in total. The van der Waals surface area contributed by atoms with E-state index in [9.17, 15) is 9.59 Å². The van der Waals surface area contributed by atoms with Gasteiger partial charge in [-0.2, -0.15) is 5.26 Å². The minimum Gasteiger partial charge on any atom is -0.337 e. The maximum atomic E-state index is 13.1. The lowest BCUT2D eigenvalue weighted by Crippen LogP contribution is -2.32. The molecule has 0 unspecified atom stereocenters. The quantitative estimate of drug-likeness (QED) is 0.745. The van der Waals surface area contributed by atoms with Gasteiger partial charge in [0, 0.05) is 25.0 Å². The fraction of sp³-hybridized carbons (Fsp3) is 0.273. The van der Waals surface area contributed by atoms with E-state index in [0.717, 1.165) is 38.8 Å². The van der Waals surface area contributed by atoms with Crippen LogP contribution in [0.5, 0.6) is 0 Å². The number of aromatic nitrogens is 2. The zero-order valence-corrected chi connectivity index (χ0v) is 16.0. The fourth-order valence-electron chi connectivity index (χ4n) is 3.59. The summed E-state index contributed by atoms with van der Waals surface area (Å²) in [5, 5.41) is 11.7. The molecule has 0 spiro atoms. The summed E-state index contributed by atoms with van der Waals surface area (Å²) in [4.78, 5) is 32.3. The van der Waals surface area contributed by atoms with Gasteiger partial charge in [-0.05, 0) is 49.2 Å². The first-order valence-corrected chi connectivity index (χ1v) is 9.75. The Labute approximate surface area is 168 Å². The number of fused-ring (bicyclic) bond motifs is 1. The highest BCUT2D eigenvalue weighted by Gasteiger charge is 2.25. The topological polar surface area (TPSA) is 90.5 Å². The van der Waals surface area contributed by atoms with Crippen molar-refractivity contribution in [2.45, 2.75) is 25.7 Å². The summed E-state index contributed by atoms with van der Waals surface area (Å²) in [6, 6.07) is 14.1. The van der Waals surface area contributed by atoms with E-state index in [0.29, 0.717) is 22.5 Å². The molecule has 1 N–H and O–H groups in total. The number of likely N-dealkylation sites (tertiary alicyclic amines) is 1. The molecule has 1 aromatic carbocycles. The number of carbonyl (C=O) groups excluding carboxylic acids is 2. The number of pyridine rings is 1.